The fraction of sp³-hybridized carbons (Fsp3) is 0.600. The molecule has 0 radical (unpaired) electrons. The molecule has 0 spiro atoms. The highest BCUT2D eigenvalue weighted by molar-refractivity contribution is 5.95. The van der Waals surface area contributed by atoms with Crippen molar-refractivity contribution in [1.82, 2.24) is 9.88 Å². The molecule has 5 heteroatoms. The molecule has 4 nitrogen and oxygen atoms in total. The predicted molar refractivity (Wildman–Crippen MR) is 79.4 cm³/mol. The maximum absolute atomic E-state index is 14.3. The Morgan fingerprint density at radius 1 is 1.40 bits per heavy atom. The van der Waals surface area contributed by atoms with Crippen molar-refractivity contribution in [1.29, 1.82) is 0 Å². The molecule has 0 aliphatic carbocycles. The van der Waals surface area contributed by atoms with Gasteiger partial charge in [-0.3, -0.25) is 4.79 Å². The van der Waals surface area contributed by atoms with Gasteiger partial charge in [0.05, 0.1) is 5.56 Å². The molecule has 0 atom stereocenters. The first-order chi connectivity index (χ1) is 9.52. The lowest BCUT2D eigenvalue weighted by Crippen LogP contribution is -2.38. The van der Waals surface area contributed by atoms with Crippen molar-refractivity contribution in [2.75, 3.05) is 18.4 Å². The second-order valence-electron chi connectivity index (χ2n) is 5.04. The normalized spacial score (nSPS) is 10.7. The average molecular weight is 281 g/mol. The summed E-state index contributed by atoms with van der Waals surface area (Å²) in [5, 5.41) is 2.90. The van der Waals surface area contributed by atoms with Crippen LogP contribution in [0.2, 0.25) is 0 Å². The Morgan fingerprint density at radius 3 is 2.65 bits per heavy atom. The third-order valence-electron chi connectivity index (χ3n) is 3.01. The largest absolute Gasteiger partial charge is 0.368 e. The summed E-state index contributed by atoms with van der Waals surface area (Å²) in [6.45, 7) is 9.10. The third kappa shape index (κ3) is 3.92. The SMILES string of the molecule is CCCNc1nccc(C(=O)N(CCC)C(C)C)c1F. The standard InChI is InChI=1S/C15H24FN3O/c1-5-8-17-14-13(16)12(7-9-18-14)15(20)19(10-6-2)11(3)4/h7,9,11H,5-6,8,10H2,1-4H3,(H,17,18). The van der Waals surface area contributed by atoms with Crippen LogP contribution in [0.1, 0.15) is 50.9 Å². The van der Waals surface area contributed by atoms with Crippen LogP contribution in [0, 0.1) is 5.82 Å². The number of hydrogen-bond donors (Lipinski definition) is 1. The van der Waals surface area contributed by atoms with Gasteiger partial charge >= 0.3 is 0 Å². The lowest BCUT2D eigenvalue weighted by molar-refractivity contribution is 0.0701. The molecule has 0 aliphatic heterocycles. The first-order valence-electron chi connectivity index (χ1n) is 7.22. The Hall–Kier alpha value is -1.65. The van der Waals surface area contributed by atoms with E-state index < -0.39 is 5.82 Å². The van der Waals surface area contributed by atoms with Crippen molar-refractivity contribution < 1.29 is 9.18 Å². The lowest BCUT2D eigenvalue weighted by Gasteiger charge is -2.26. The van der Waals surface area contributed by atoms with E-state index in [4.69, 9.17) is 0 Å². The number of pyridine rings is 1. The van der Waals surface area contributed by atoms with Crippen LogP contribution in [-0.4, -0.2) is 34.9 Å². The molecule has 1 aromatic heterocycles. The molecule has 112 valence electrons. The van der Waals surface area contributed by atoms with Gasteiger partial charge in [-0.1, -0.05) is 13.8 Å². The summed E-state index contributed by atoms with van der Waals surface area (Å²) >= 11 is 0. The fourth-order valence-electron chi connectivity index (χ4n) is 1.97. The Kier molecular flexibility index (Phi) is 6.42. The Balaban J connectivity index is 3.02. The predicted octanol–water partition coefficient (Wildman–Crippen LogP) is 3.30. The monoisotopic (exact) mass is 281 g/mol. The van der Waals surface area contributed by atoms with Gasteiger partial charge in [-0.25, -0.2) is 9.37 Å². The number of carbonyl (C=O) groups is 1. The van der Waals surface area contributed by atoms with E-state index in [0.29, 0.717) is 13.1 Å². The molecule has 1 N–H and O–H groups in total. The van der Waals surface area contributed by atoms with Crippen LogP contribution in [0.4, 0.5) is 10.2 Å². The van der Waals surface area contributed by atoms with Gasteiger partial charge in [-0.2, -0.15) is 0 Å². The van der Waals surface area contributed by atoms with Crippen LogP contribution in [0.3, 0.4) is 0 Å². The van der Waals surface area contributed by atoms with Crippen molar-refractivity contribution in [2.45, 2.75) is 46.6 Å². The minimum atomic E-state index is -0.562. The zero-order chi connectivity index (χ0) is 15.1. The van der Waals surface area contributed by atoms with Crippen molar-refractivity contribution >= 4 is 11.7 Å². The molecule has 0 unspecified atom stereocenters. The highest BCUT2D eigenvalue weighted by atomic mass is 19.1. The molecule has 0 saturated heterocycles. The zero-order valence-corrected chi connectivity index (χ0v) is 12.7. The second kappa shape index (κ2) is 7.82. The molecule has 0 bridgehead atoms. The molecule has 1 heterocycles. The third-order valence-corrected chi connectivity index (χ3v) is 3.01. The molecule has 0 fully saturated rings. The van der Waals surface area contributed by atoms with Crippen LogP contribution in [0.25, 0.3) is 0 Å². The number of nitrogens with zero attached hydrogens (tertiary/aromatic N) is 2. The first kappa shape index (κ1) is 16.4. The maximum atomic E-state index is 14.3. The summed E-state index contributed by atoms with van der Waals surface area (Å²) in [5.41, 5.74) is 0.0840. The Bertz CT molecular complexity index is 449. The van der Waals surface area contributed by atoms with Gasteiger partial charge in [0, 0.05) is 25.3 Å². The number of hydrogen-bond acceptors (Lipinski definition) is 3. The van der Waals surface area contributed by atoms with Crippen molar-refractivity contribution in [3.63, 3.8) is 0 Å². The summed E-state index contributed by atoms with van der Waals surface area (Å²) in [7, 11) is 0. The van der Waals surface area contributed by atoms with E-state index in [-0.39, 0.29) is 23.3 Å². The van der Waals surface area contributed by atoms with E-state index in [1.807, 2.05) is 27.7 Å². The van der Waals surface area contributed by atoms with Gasteiger partial charge in [-0.15, -0.1) is 0 Å². The molecule has 0 saturated carbocycles. The molecule has 1 rings (SSSR count). The molecule has 1 aromatic rings. The quantitative estimate of drug-likeness (QED) is 0.834. The van der Waals surface area contributed by atoms with Crippen LogP contribution in [-0.2, 0) is 0 Å². The van der Waals surface area contributed by atoms with E-state index in [1.54, 1.807) is 4.90 Å². The van der Waals surface area contributed by atoms with Crippen LogP contribution in [0.15, 0.2) is 12.3 Å². The van der Waals surface area contributed by atoms with Crippen LogP contribution in [0.5, 0.6) is 0 Å². The van der Waals surface area contributed by atoms with Crippen molar-refractivity contribution in [3.05, 3.63) is 23.6 Å². The van der Waals surface area contributed by atoms with E-state index in [9.17, 15) is 9.18 Å². The molecule has 0 aromatic carbocycles. The van der Waals surface area contributed by atoms with Gasteiger partial charge in [0.25, 0.3) is 5.91 Å². The molecule has 1 amide bonds. The van der Waals surface area contributed by atoms with E-state index in [1.165, 1.54) is 12.3 Å². The minimum absolute atomic E-state index is 0.0436. The number of halogens is 1. The average Bonchev–Trinajstić information content (AvgIpc) is 2.42. The second-order valence-corrected chi connectivity index (χ2v) is 5.04. The summed E-state index contributed by atoms with van der Waals surface area (Å²) in [5.74, 6) is -0.688. The van der Waals surface area contributed by atoms with Crippen molar-refractivity contribution in [2.24, 2.45) is 0 Å². The minimum Gasteiger partial charge on any atom is -0.368 e. The highest BCUT2D eigenvalue weighted by Crippen LogP contribution is 2.18. The summed E-state index contributed by atoms with van der Waals surface area (Å²) in [6.07, 6.45) is 3.18. The van der Waals surface area contributed by atoms with Gasteiger partial charge in [-0.05, 0) is 32.8 Å². The van der Waals surface area contributed by atoms with Gasteiger partial charge in [0.1, 0.15) is 0 Å². The Morgan fingerprint density at radius 2 is 2.10 bits per heavy atom. The highest BCUT2D eigenvalue weighted by Gasteiger charge is 2.22. The smallest absolute Gasteiger partial charge is 0.257 e. The first-order valence-corrected chi connectivity index (χ1v) is 7.22. The summed E-state index contributed by atoms with van der Waals surface area (Å²) in [6, 6.07) is 1.49. The number of carbonyl (C=O) groups excluding carboxylic acids is 1. The van der Waals surface area contributed by atoms with E-state index in [0.717, 1.165) is 12.8 Å². The molecular formula is C15H24FN3O. The summed E-state index contributed by atoms with van der Waals surface area (Å²) < 4.78 is 14.3. The molecular weight excluding hydrogens is 257 g/mol. The van der Waals surface area contributed by atoms with E-state index in [2.05, 4.69) is 10.3 Å². The van der Waals surface area contributed by atoms with E-state index >= 15 is 0 Å². The lowest BCUT2D eigenvalue weighted by atomic mass is 10.1. The topological polar surface area (TPSA) is 45.2 Å². The van der Waals surface area contributed by atoms with Crippen LogP contribution >= 0.6 is 0 Å². The molecule has 0 aliphatic rings. The van der Waals surface area contributed by atoms with Gasteiger partial charge in [0.15, 0.2) is 11.6 Å². The number of nitrogens with one attached hydrogen (secondary N) is 1. The zero-order valence-electron chi connectivity index (χ0n) is 12.7. The van der Waals surface area contributed by atoms with Crippen LogP contribution < -0.4 is 5.32 Å². The fourth-order valence-corrected chi connectivity index (χ4v) is 1.97. The maximum Gasteiger partial charge on any atom is 0.257 e. The Labute approximate surface area is 120 Å². The number of aromatic nitrogens is 1. The number of anilines is 1. The van der Waals surface area contributed by atoms with Gasteiger partial charge in [0.2, 0.25) is 0 Å². The number of rotatable bonds is 7. The van der Waals surface area contributed by atoms with Gasteiger partial charge < -0.3 is 10.2 Å². The summed E-state index contributed by atoms with van der Waals surface area (Å²) in [4.78, 5) is 18.1. The number of amides is 1. The molecule has 20 heavy (non-hydrogen) atoms. The van der Waals surface area contributed by atoms with Crippen molar-refractivity contribution in [3.8, 4) is 0 Å².